The molecule has 1 aliphatic rings. The summed E-state index contributed by atoms with van der Waals surface area (Å²) in [5.74, 6) is -0.123. The largest absolute Gasteiger partial charge is 0.484 e. The lowest BCUT2D eigenvalue weighted by Gasteiger charge is -2.13. The Kier molecular flexibility index (Phi) is 8.41. The zero-order valence-electron chi connectivity index (χ0n) is 18.0. The van der Waals surface area contributed by atoms with E-state index in [9.17, 15) is 14.9 Å². The first-order valence-electron chi connectivity index (χ1n) is 10.6. The summed E-state index contributed by atoms with van der Waals surface area (Å²) in [6.07, 6.45) is 3.60. The maximum Gasteiger partial charge on any atom is 0.262 e. The van der Waals surface area contributed by atoms with E-state index >= 15 is 0 Å². The molecule has 2 N–H and O–H groups in total. The van der Waals surface area contributed by atoms with Crippen LogP contribution >= 0.6 is 0 Å². The smallest absolute Gasteiger partial charge is 0.262 e. The van der Waals surface area contributed by atoms with Crippen LogP contribution in [0.15, 0.2) is 60.2 Å². The van der Waals surface area contributed by atoms with Gasteiger partial charge in [-0.25, -0.2) is 0 Å². The molecule has 1 heterocycles. The third-order valence-electron chi connectivity index (χ3n) is 5.12. The zero-order chi connectivity index (χ0) is 22.8. The van der Waals surface area contributed by atoms with Gasteiger partial charge in [0.1, 0.15) is 17.4 Å². The SMILES string of the molecule is C[C@@H](NC(=O)/C(C#N)=C/c1ccc(OCC(=O)NC[C@H]2CCCO2)cc1)c1ccccc1. The van der Waals surface area contributed by atoms with Gasteiger partial charge in [-0.3, -0.25) is 9.59 Å². The summed E-state index contributed by atoms with van der Waals surface area (Å²) in [4.78, 5) is 24.4. The Hall–Kier alpha value is -3.63. The molecule has 0 aromatic heterocycles. The van der Waals surface area contributed by atoms with Gasteiger partial charge in [0.25, 0.3) is 11.8 Å². The Balaban J connectivity index is 1.50. The van der Waals surface area contributed by atoms with Gasteiger partial charge in [-0.15, -0.1) is 0 Å². The number of nitrogens with one attached hydrogen (secondary N) is 2. The average molecular weight is 434 g/mol. The minimum Gasteiger partial charge on any atom is -0.484 e. The van der Waals surface area contributed by atoms with E-state index in [1.165, 1.54) is 6.08 Å². The Bertz CT molecular complexity index is 974. The predicted octanol–water partition coefficient (Wildman–Crippen LogP) is 3.14. The van der Waals surface area contributed by atoms with Crippen molar-refractivity contribution in [1.29, 1.82) is 5.26 Å². The van der Waals surface area contributed by atoms with Gasteiger partial charge < -0.3 is 20.1 Å². The fourth-order valence-electron chi connectivity index (χ4n) is 3.31. The first kappa shape index (κ1) is 23.0. The highest BCUT2D eigenvalue weighted by atomic mass is 16.5. The molecule has 0 aliphatic carbocycles. The van der Waals surface area contributed by atoms with Crippen molar-refractivity contribution in [3.8, 4) is 11.8 Å². The Morgan fingerprint density at radius 1 is 1.22 bits per heavy atom. The molecular weight excluding hydrogens is 406 g/mol. The second-order valence-electron chi connectivity index (χ2n) is 7.57. The van der Waals surface area contributed by atoms with Crippen molar-refractivity contribution in [3.05, 3.63) is 71.3 Å². The van der Waals surface area contributed by atoms with Crippen molar-refractivity contribution in [2.24, 2.45) is 0 Å². The number of hydrogen-bond acceptors (Lipinski definition) is 5. The summed E-state index contributed by atoms with van der Waals surface area (Å²) in [6, 6.07) is 18.1. The summed E-state index contributed by atoms with van der Waals surface area (Å²) in [6.45, 7) is 3.02. The summed E-state index contributed by atoms with van der Waals surface area (Å²) in [5.41, 5.74) is 1.65. The van der Waals surface area contributed by atoms with Crippen molar-refractivity contribution < 1.29 is 19.1 Å². The van der Waals surface area contributed by atoms with E-state index in [-0.39, 0.29) is 30.2 Å². The van der Waals surface area contributed by atoms with Crippen LogP contribution in [0.3, 0.4) is 0 Å². The maximum absolute atomic E-state index is 12.5. The maximum atomic E-state index is 12.5. The van der Waals surface area contributed by atoms with Gasteiger partial charge in [-0.1, -0.05) is 42.5 Å². The minimum atomic E-state index is -0.438. The molecule has 3 rings (SSSR count). The average Bonchev–Trinajstić information content (AvgIpc) is 3.35. The number of nitriles is 1. The van der Waals surface area contributed by atoms with Crippen molar-refractivity contribution in [1.82, 2.24) is 10.6 Å². The van der Waals surface area contributed by atoms with Crippen LogP contribution in [-0.4, -0.2) is 37.7 Å². The van der Waals surface area contributed by atoms with Gasteiger partial charge in [0.2, 0.25) is 0 Å². The fraction of sp³-hybridized carbons (Fsp3) is 0.320. The zero-order valence-corrected chi connectivity index (χ0v) is 18.0. The van der Waals surface area contributed by atoms with Crippen LogP contribution in [0.1, 0.15) is 36.9 Å². The molecule has 1 saturated heterocycles. The molecule has 2 atom stereocenters. The van der Waals surface area contributed by atoms with Crippen molar-refractivity contribution in [2.75, 3.05) is 19.8 Å². The van der Waals surface area contributed by atoms with E-state index in [2.05, 4.69) is 10.6 Å². The van der Waals surface area contributed by atoms with E-state index in [1.807, 2.05) is 43.3 Å². The molecule has 7 nitrogen and oxygen atoms in total. The molecule has 2 aromatic carbocycles. The van der Waals surface area contributed by atoms with Crippen LogP contribution in [0.4, 0.5) is 0 Å². The quantitative estimate of drug-likeness (QED) is 0.467. The van der Waals surface area contributed by atoms with E-state index in [0.717, 1.165) is 25.0 Å². The monoisotopic (exact) mass is 433 g/mol. The summed E-state index contributed by atoms with van der Waals surface area (Å²) in [5, 5.41) is 15.0. The Labute approximate surface area is 188 Å². The molecule has 2 amide bonds. The second kappa shape index (κ2) is 11.7. The molecule has 7 heteroatoms. The lowest BCUT2D eigenvalue weighted by Crippen LogP contribution is -2.35. The number of carbonyl (C=O) groups excluding carboxylic acids is 2. The van der Waals surface area contributed by atoms with Crippen LogP contribution in [0, 0.1) is 11.3 Å². The summed E-state index contributed by atoms with van der Waals surface area (Å²) in [7, 11) is 0. The first-order chi connectivity index (χ1) is 15.5. The van der Waals surface area contributed by atoms with E-state index in [1.54, 1.807) is 24.3 Å². The molecule has 0 unspecified atom stereocenters. The number of carbonyl (C=O) groups is 2. The fourth-order valence-corrected chi connectivity index (χ4v) is 3.31. The molecule has 0 saturated carbocycles. The van der Waals surface area contributed by atoms with Gasteiger partial charge in [0.15, 0.2) is 6.61 Å². The molecule has 0 radical (unpaired) electrons. The molecule has 166 valence electrons. The molecular formula is C25H27N3O4. The van der Waals surface area contributed by atoms with Crippen LogP contribution in [0.2, 0.25) is 0 Å². The number of amides is 2. The number of rotatable bonds is 9. The van der Waals surface area contributed by atoms with Crippen LogP contribution in [-0.2, 0) is 14.3 Å². The molecule has 32 heavy (non-hydrogen) atoms. The summed E-state index contributed by atoms with van der Waals surface area (Å²) < 4.78 is 11.0. The molecule has 2 aromatic rings. The van der Waals surface area contributed by atoms with Crippen molar-refractivity contribution in [2.45, 2.75) is 31.9 Å². The topological polar surface area (TPSA) is 100 Å². The predicted molar refractivity (Wildman–Crippen MR) is 121 cm³/mol. The number of hydrogen-bond donors (Lipinski definition) is 2. The molecule has 1 fully saturated rings. The second-order valence-corrected chi connectivity index (χ2v) is 7.57. The van der Waals surface area contributed by atoms with E-state index in [4.69, 9.17) is 9.47 Å². The van der Waals surface area contributed by atoms with Gasteiger partial charge in [-0.2, -0.15) is 5.26 Å². The van der Waals surface area contributed by atoms with Gasteiger partial charge >= 0.3 is 0 Å². The lowest BCUT2D eigenvalue weighted by molar-refractivity contribution is -0.123. The third kappa shape index (κ3) is 6.96. The van der Waals surface area contributed by atoms with Crippen LogP contribution in [0.5, 0.6) is 5.75 Å². The lowest BCUT2D eigenvalue weighted by atomic mass is 10.1. The highest BCUT2D eigenvalue weighted by molar-refractivity contribution is 6.01. The third-order valence-corrected chi connectivity index (χ3v) is 5.12. The summed E-state index contributed by atoms with van der Waals surface area (Å²) >= 11 is 0. The van der Waals surface area contributed by atoms with E-state index < -0.39 is 5.91 Å². The highest BCUT2D eigenvalue weighted by Crippen LogP contribution is 2.16. The van der Waals surface area contributed by atoms with Crippen molar-refractivity contribution >= 4 is 17.9 Å². The van der Waals surface area contributed by atoms with Crippen molar-refractivity contribution in [3.63, 3.8) is 0 Å². The van der Waals surface area contributed by atoms with Gasteiger partial charge in [-0.05, 0) is 49.1 Å². The highest BCUT2D eigenvalue weighted by Gasteiger charge is 2.16. The van der Waals surface area contributed by atoms with Crippen LogP contribution < -0.4 is 15.4 Å². The van der Waals surface area contributed by atoms with Gasteiger partial charge in [0.05, 0.1) is 12.1 Å². The Morgan fingerprint density at radius 3 is 2.62 bits per heavy atom. The first-order valence-corrected chi connectivity index (χ1v) is 10.6. The molecule has 1 aliphatic heterocycles. The number of nitrogens with zero attached hydrogens (tertiary/aromatic N) is 1. The van der Waals surface area contributed by atoms with Gasteiger partial charge in [0, 0.05) is 13.2 Å². The van der Waals surface area contributed by atoms with E-state index in [0.29, 0.717) is 17.9 Å². The molecule has 0 spiro atoms. The number of ether oxygens (including phenoxy) is 2. The minimum absolute atomic E-state index is 0.00922. The van der Waals surface area contributed by atoms with Crippen LogP contribution in [0.25, 0.3) is 6.08 Å². The normalized spacial score (nSPS) is 16.6. The number of benzene rings is 2. The standard InChI is InChI=1S/C25H27N3O4/c1-18(20-6-3-2-4-7-20)28-25(30)21(15-26)14-19-9-11-22(12-10-19)32-17-24(29)27-16-23-8-5-13-31-23/h2-4,6-7,9-12,14,18,23H,5,8,13,16-17H2,1H3,(H,27,29)(H,28,30)/b21-14+/t18-,23-/m1/s1. The molecule has 0 bridgehead atoms. The Morgan fingerprint density at radius 2 is 1.97 bits per heavy atom.